The molecule has 7 nitrogen and oxygen atoms in total. The topological polar surface area (TPSA) is 83.0 Å². The lowest BCUT2D eigenvalue weighted by Crippen LogP contribution is -2.51. The van der Waals surface area contributed by atoms with Crippen LogP contribution in [0.5, 0.6) is 0 Å². The van der Waals surface area contributed by atoms with Crippen LogP contribution in [0.15, 0.2) is 24.4 Å². The van der Waals surface area contributed by atoms with Gasteiger partial charge in [-0.3, -0.25) is 14.6 Å². The number of likely N-dealkylation sites (N-methyl/N-ethyl adjacent to an activating group) is 1. The summed E-state index contributed by atoms with van der Waals surface area (Å²) in [5.41, 5.74) is 0.849. The molecule has 7 heteroatoms. The molecule has 1 aliphatic carbocycles. The number of amides is 2. The summed E-state index contributed by atoms with van der Waals surface area (Å²) in [6.45, 7) is 1.15. The van der Waals surface area contributed by atoms with Crippen LogP contribution in [0.25, 0.3) is 0 Å². The number of nitrogens with zero attached hydrogens (tertiary/aromatic N) is 3. The Morgan fingerprint density at radius 2 is 2.11 bits per heavy atom. The summed E-state index contributed by atoms with van der Waals surface area (Å²) >= 11 is 0. The lowest BCUT2D eigenvalue weighted by atomic mass is 9.81. The van der Waals surface area contributed by atoms with E-state index in [4.69, 9.17) is 4.74 Å². The summed E-state index contributed by atoms with van der Waals surface area (Å²) in [5, 5.41) is 9.45. The summed E-state index contributed by atoms with van der Waals surface area (Å²) in [6, 6.07) is 5.74. The predicted octanol–water partition coefficient (Wildman–Crippen LogP) is 0.959. The van der Waals surface area contributed by atoms with E-state index in [9.17, 15) is 14.7 Å². The zero-order valence-electron chi connectivity index (χ0n) is 15.7. The minimum absolute atomic E-state index is 0.0222. The van der Waals surface area contributed by atoms with Crippen molar-refractivity contribution in [1.82, 2.24) is 14.8 Å². The van der Waals surface area contributed by atoms with Gasteiger partial charge in [0.1, 0.15) is 6.10 Å². The van der Waals surface area contributed by atoms with Crippen molar-refractivity contribution >= 4 is 11.8 Å². The normalized spacial score (nSPS) is 32.5. The van der Waals surface area contributed by atoms with Crippen molar-refractivity contribution in [2.45, 2.75) is 63.0 Å². The molecule has 0 radical (unpaired) electrons. The Balaban J connectivity index is 1.32. The minimum atomic E-state index is -0.444. The quantitative estimate of drug-likeness (QED) is 0.850. The monoisotopic (exact) mass is 373 g/mol. The molecule has 146 valence electrons. The van der Waals surface area contributed by atoms with E-state index in [-0.39, 0.29) is 36.0 Å². The molecule has 0 unspecified atom stereocenters. The number of likely N-dealkylation sites (tertiary alicyclic amines) is 1. The van der Waals surface area contributed by atoms with Gasteiger partial charge in [0.25, 0.3) is 5.91 Å². The van der Waals surface area contributed by atoms with E-state index in [1.54, 1.807) is 18.1 Å². The molecule has 0 aromatic carbocycles. The smallest absolute Gasteiger partial charge is 0.251 e. The fraction of sp³-hybridized carbons (Fsp3) is 0.650. The molecule has 1 N–H and O–H groups in total. The Morgan fingerprint density at radius 3 is 2.81 bits per heavy atom. The first-order valence-corrected chi connectivity index (χ1v) is 9.82. The average molecular weight is 373 g/mol. The van der Waals surface area contributed by atoms with Gasteiger partial charge in [-0.1, -0.05) is 6.07 Å². The highest BCUT2D eigenvalue weighted by atomic mass is 16.5. The zero-order valence-corrected chi connectivity index (χ0v) is 15.7. The number of carbonyl (C=O) groups excluding carboxylic acids is 2. The highest BCUT2D eigenvalue weighted by Gasteiger charge is 2.46. The van der Waals surface area contributed by atoms with Gasteiger partial charge in [0.15, 0.2) is 0 Å². The highest BCUT2D eigenvalue weighted by molar-refractivity contribution is 5.82. The molecule has 2 amide bonds. The maximum absolute atomic E-state index is 12.8. The molecule has 1 aromatic rings. The number of pyridine rings is 1. The number of aliphatic hydroxyl groups excluding tert-OH is 1. The van der Waals surface area contributed by atoms with Gasteiger partial charge in [0.05, 0.1) is 30.5 Å². The SMILES string of the molecule is CN(Cc1ccccn1)C(=O)[C@@H]1CC[C@@H]2[C@@H](CCN2C(=O)C2CC(O)C2)O1. The second-order valence-electron chi connectivity index (χ2n) is 7.97. The molecule has 1 aromatic heterocycles. The molecule has 2 aliphatic heterocycles. The molecular weight excluding hydrogens is 346 g/mol. The Labute approximate surface area is 159 Å². The third-order valence-electron chi connectivity index (χ3n) is 6.07. The molecule has 4 rings (SSSR count). The maximum atomic E-state index is 12.8. The Morgan fingerprint density at radius 1 is 1.30 bits per heavy atom. The molecule has 3 atom stereocenters. The van der Waals surface area contributed by atoms with Crippen LogP contribution >= 0.6 is 0 Å². The molecule has 0 spiro atoms. The summed E-state index contributed by atoms with van der Waals surface area (Å²) in [4.78, 5) is 33.3. The third kappa shape index (κ3) is 3.71. The van der Waals surface area contributed by atoms with Crippen LogP contribution in [0.2, 0.25) is 0 Å². The summed E-state index contributed by atoms with van der Waals surface area (Å²) in [5.74, 6) is 0.0852. The molecule has 3 aliphatic rings. The van der Waals surface area contributed by atoms with Crippen LogP contribution in [0.1, 0.15) is 37.8 Å². The molecular formula is C20H27N3O4. The van der Waals surface area contributed by atoms with Gasteiger partial charge in [0.2, 0.25) is 5.91 Å². The van der Waals surface area contributed by atoms with E-state index in [2.05, 4.69) is 4.98 Å². The van der Waals surface area contributed by atoms with Crippen LogP contribution in [0.3, 0.4) is 0 Å². The van der Waals surface area contributed by atoms with E-state index in [1.165, 1.54) is 0 Å². The van der Waals surface area contributed by atoms with Gasteiger partial charge in [-0.25, -0.2) is 0 Å². The molecule has 3 fully saturated rings. The fourth-order valence-electron chi connectivity index (χ4n) is 4.46. The van der Waals surface area contributed by atoms with Crippen molar-refractivity contribution in [2.24, 2.45) is 5.92 Å². The van der Waals surface area contributed by atoms with E-state index in [0.29, 0.717) is 32.4 Å². The number of carbonyl (C=O) groups is 2. The standard InChI is InChI=1S/C20H27N3O4/c1-22(12-14-4-2-3-8-21-14)20(26)18-6-5-16-17(27-18)7-9-23(16)19(25)13-10-15(24)11-13/h2-4,8,13,15-18,24H,5-7,9-12H2,1H3/t13?,15?,16-,17-,18+/m1/s1. The first kappa shape index (κ1) is 18.4. The van der Waals surface area contributed by atoms with E-state index in [1.807, 2.05) is 23.1 Å². The number of hydrogen-bond donors (Lipinski definition) is 1. The number of rotatable bonds is 4. The molecule has 27 heavy (non-hydrogen) atoms. The van der Waals surface area contributed by atoms with Crippen LogP contribution in [0.4, 0.5) is 0 Å². The van der Waals surface area contributed by atoms with Crippen molar-refractivity contribution in [3.63, 3.8) is 0 Å². The molecule has 0 bridgehead atoms. The van der Waals surface area contributed by atoms with E-state index in [0.717, 1.165) is 18.5 Å². The number of hydrogen-bond acceptors (Lipinski definition) is 5. The maximum Gasteiger partial charge on any atom is 0.251 e. The lowest BCUT2D eigenvalue weighted by molar-refractivity contribution is -0.157. The largest absolute Gasteiger partial charge is 0.393 e. The summed E-state index contributed by atoms with van der Waals surface area (Å²) < 4.78 is 6.11. The van der Waals surface area contributed by atoms with Gasteiger partial charge < -0.3 is 19.6 Å². The van der Waals surface area contributed by atoms with Crippen LogP contribution in [-0.2, 0) is 20.9 Å². The summed E-state index contributed by atoms with van der Waals surface area (Å²) in [6.07, 6.45) is 4.24. The van der Waals surface area contributed by atoms with E-state index < -0.39 is 6.10 Å². The van der Waals surface area contributed by atoms with Crippen LogP contribution in [0, 0.1) is 5.92 Å². The number of aliphatic hydroxyl groups is 1. The Kier molecular flexibility index (Phi) is 5.14. The second kappa shape index (κ2) is 7.56. The number of aromatic nitrogens is 1. The zero-order chi connectivity index (χ0) is 19.0. The Hall–Kier alpha value is -1.99. The summed E-state index contributed by atoms with van der Waals surface area (Å²) in [7, 11) is 1.78. The van der Waals surface area contributed by atoms with Gasteiger partial charge in [0, 0.05) is 25.7 Å². The molecule has 1 saturated carbocycles. The minimum Gasteiger partial charge on any atom is -0.393 e. The highest BCUT2D eigenvalue weighted by Crippen LogP contribution is 2.36. The number of fused-ring (bicyclic) bond motifs is 1. The fourth-order valence-corrected chi connectivity index (χ4v) is 4.46. The van der Waals surface area contributed by atoms with Crippen molar-refractivity contribution in [2.75, 3.05) is 13.6 Å². The molecule has 3 heterocycles. The molecule has 2 saturated heterocycles. The van der Waals surface area contributed by atoms with Gasteiger partial charge in [-0.05, 0) is 44.2 Å². The van der Waals surface area contributed by atoms with Crippen molar-refractivity contribution in [3.05, 3.63) is 30.1 Å². The van der Waals surface area contributed by atoms with Gasteiger partial charge in [-0.15, -0.1) is 0 Å². The van der Waals surface area contributed by atoms with Gasteiger partial charge in [-0.2, -0.15) is 0 Å². The third-order valence-corrected chi connectivity index (χ3v) is 6.07. The van der Waals surface area contributed by atoms with E-state index >= 15 is 0 Å². The Bertz CT molecular complexity index is 692. The van der Waals surface area contributed by atoms with Crippen molar-refractivity contribution < 1.29 is 19.4 Å². The van der Waals surface area contributed by atoms with Crippen molar-refractivity contribution in [1.29, 1.82) is 0 Å². The second-order valence-corrected chi connectivity index (χ2v) is 7.97. The first-order valence-electron chi connectivity index (χ1n) is 9.82. The average Bonchev–Trinajstić information content (AvgIpc) is 3.08. The predicted molar refractivity (Wildman–Crippen MR) is 97.5 cm³/mol. The number of ether oxygens (including phenoxy) is 1. The lowest BCUT2D eigenvalue weighted by Gasteiger charge is -2.39. The van der Waals surface area contributed by atoms with Crippen molar-refractivity contribution in [3.8, 4) is 0 Å². The van der Waals surface area contributed by atoms with Crippen LogP contribution < -0.4 is 0 Å². The van der Waals surface area contributed by atoms with Crippen LogP contribution in [-0.4, -0.2) is 69.7 Å². The van der Waals surface area contributed by atoms with Gasteiger partial charge >= 0.3 is 0 Å². The first-order chi connectivity index (χ1) is 13.0.